The molecule has 0 spiro atoms. The van der Waals surface area contributed by atoms with Gasteiger partial charge in [-0.1, -0.05) is 17.7 Å². The number of carbonyl (C=O) groups excluding carboxylic acids is 1. The number of carbonyl (C=O) groups is 1. The maximum absolute atomic E-state index is 11.8. The smallest absolute Gasteiger partial charge is 0.230 e. The molecule has 0 saturated heterocycles. The number of anilines is 1. The van der Waals surface area contributed by atoms with Gasteiger partial charge in [-0.05, 0) is 24.6 Å². The van der Waals surface area contributed by atoms with Gasteiger partial charge in [0, 0.05) is 29.6 Å². The van der Waals surface area contributed by atoms with Gasteiger partial charge in [0.05, 0.1) is 12.7 Å². The molecule has 0 fully saturated rings. The van der Waals surface area contributed by atoms with Crippen LogP contribution in [-0.4, -0.2) is 15.5 Å². The molecule has 4 nitrogen and oxygen atoms in total. The van der Waals surface area contributed by atoms with E-state index in [0.29, 0.717) is 17.1 Å². The molecule has 0 aliphatic heterocycles. The molecule has 0 aliphatic carbocycles. The van der Waals surface area contributed by atoms with Gasteiger partial charge in [-0.3, -0.25) is 4.79 Å². The van der Waals surface area contributed by atoms with Gasteiger partial charge in [0.15, 0.2) is 0 Å². The second-order valence-corrected chi connectivity index (χ2v) is 4.59. The summed E-state index contributed by atoms with van der Waals surface area (Å²) in [6.45, 7) is 1.92. The van der Waals surface area contributed by atoms with Crippen LogP contribution in [0.15, 0.2) is 30.7 Å². The summed E-state index contributed by atoms with van der Waals surface area (Å²) in [7, 11) is 1.86. The van der Waals surface area contributed by atoms with E-state index in [4.69, 9.17) is 11.6 Å². The van der Waals surface area contributed by atoms with E-state index in [9.17, 15) is 4.79 Å². The van der Waals surface area contributed by atoms with Crippen molar-refractivity contribution in [3.05, 3.63) is 47.0 Å². The fourth-order valence-electron chi connectivity index (χ4n) is 1.60. The number of nitrogens with zero attached hydrogens (tertiary/aromatic N) is 2. The molecule has 18 heavy (non-hydrogen) atoms. The van der Waals surface area contributed by atoms with E-state index in [-0.39, 0.29) is 5.91 Å². The summed E-state index contributed by atoms with van der Waals surface area (Å²) >= 11 is 6.00. The Labute approximate surface area is 111 Å². The van der Waals surface area contributed by atoms with Crippen LogP contribution in [0.5, 0.6) is 0 Å². The fraction of sp³-hybridized carbons (Fsp3) is 0.231. The van der Waals surface area contributed by atoms with Crippen molar-refractivity contribution in [2.75, 3.05) is 5.32 Å². The molecule has 1 aromatic heterocycles. The summed E-state index contributed by atoms with van der Waals surface area (Å²) in [5, 5.41) is 3.46. The van der Waals surface area contributed by atoms with E-state index in [0.717, 1.165) is 11.3 Å². The molecule has 1 amide bonds. The molecule has 1 heterocycles. The standard InChI is InChI=1S/C13H14ClN3O/c1-9-3-4-10(5-12(9)14)16-13(18)6-11-7-15-8-17(11)2/h3-5,7-8H,6H2,1-2H3,(H,16,18). The highest BCUT2D eigenvalue weighted by atomic mass is 35.5. The van der Waals surface area contributed by atoms with Gasteiger partial charge in [-0.15, -0.1) is 0 Å². The van der Waals surface area contributed by atoms with Crippen molar-refractivity contribution in [3.8, 4) is 0 Å². The molecule has 0 aliphatic rings. The van der Waals surface area contributed by atoms with Gasteiger partial charge in [0.1, 0.15) is 0 Å². The summed E-state index contributed by atoms with van der Waals surface area (Å²) in [6.07, 6.45) is 3.65. The average molecular weight is 264 g/mol. The number of amides is 1. The molecule has 0 bridgehead atoms. The van der Waals surface area contributed by atoms with Crippen LogP contribution in [0.3, 0.4) is 0 Å². The highest BCUT2D eigenvalue weighted by molar-refractivity contribution is 6.31. The number of imidazole rings is 1. The molecule has 2 aromatic rings. The molecule has 0 saturated carbocycles. The van der Waals surface area contributed by atoms with Crippen LogP contribution in [0.4, 0.5) is 5.69 Å². The first-order valence-corrected chi connectivity index (χ1v) is 5.95. The number of aromatic nitrogens is 2. The van der Waals surface area contributed by atoms with Crippen LogP contribution in [0, 0.1) is 6.92 Å². The third kappa shape index (κ3) is 2.90. The summed E-state index contributed by atoms with van der Waals surface area (Å²) in [5.41, 5.74) is 2.56. The van der Waals surface area contributed by atoms with Crippen LogP contribution < -0.4 is 5.32 Å². The number of aryl methyl sites for hydroxylation is 2. The summed E-state index contributed by atoms with van der Waals surface area (Å²) in [5.74, 6) is -0.0847. The van der Waals surface area contributed by atoms with Crippen molar-refractivity contribution in [3.63, 3.8) is 0 Å². The first kappa shape index (κ1) is 12.6. The lowest BCUT2D eigenvalue weighted by Gasteiger charge is -2.07. The van der Waals surface area contributed by atoms with Gasteiger partial charge < -0.3 is 9.88 Å². The Morgan fingerprint density at radius 2 is 2.28 bits per heavy atom. The fourth-order valence-corrected chi connectivity index (χ4v) is 1.78. The molecule has 1 aromatic carbocycles. The van der Waals surface area contributed by atoms with Crippen molar-refractivity contribution in [2.24, 2.45) is 7.05 Å². The molecular weight excluding hydrogens is 250 g/mol. The van der Waals surface area contributed by atoms with Crippen molar-refractivity contribution in [1.82, 2.24) is 9.55 Å². The van der Waals surface area contributed by atoms with Gasteiger partial charge in [-0.2, -0.15) is 0 Å². The van der Waals surface area contributed by atoms with E-state index in [1.54, 1.807) is 18.6 Å². The van der Waals surface area contributed by atoms with Crippen LogP contribution in [-0.2, 0) is 18.3 Å². The zero-order valence-electron chi connectivity index (χ0n) is 10.3. The van der Waals surface area contributed by atoms with Gasteiger partial charge >= 0.3 is 0 Å². The van der Waals surface area contributed by atoms with Gasteiger partial charge in [-0.25, -0.2) is 4.98 Å². The Morgan fingerprint density at radius 3 is 2.89 bits per heavy atom. The van der Waals surface area contributed by atoms with E-state index in [1.807, 2.05) is 30.7 Å². The molecule has 1 N–H and O–H groups in total. The topological polar surface area (TPSA) is 46.9 Å². The molecule has 0 atom stereocenters. The zero-order chi connectivity index (χ0) is 13.1. The lowest BCUT2D eigenvalue weighted by atomic mass is 10.2. The van der Waals surface area contributed by atoms with Crippen LogP contribution in [0.25, 0.3) is 0 Å². The highest BCUT2D eigenvalue weighted by Crippen LogP contribution is 2.20. The first-order valence-electron chi connectivity index (χ1n) is 5.57. The molecule has 2 rings (SSSR count). The van der Waals surface area contributed by atoms with Crippen molar-refractivity contribution in [2.45, 2.75) is 13.3 Å². The van der Waals surface area contributed by atoms with Gasteiger partial charge in [0.25, 0.3) is 0 Å². The van der Waals surface area contributed by atoms with Crippen LogP contribution in [0.1, 0.15) is 11.3 Å². The number of hydrogen-bond donors (Lipinski definition) is 1. The van der Waals surface area contributed by atoms with E-state index >= 15 is 0 Å². The number of benzene rings is 1. The lowest BCUT2D eigenvalue weighted by Crippen LogP contribution is -2.16. The molecule has 5 heteroatoms. The molecular formula is C13H14ClN3O. The first-order chi connectivity index (χ1) is 8.56. The Kier molecular flexibility index (Phi) is 3.67. The largest absolute Gasteiger partial charge is 0.337 e. The number of nitrogens with one attached hydrogen (secondary N) is 1. The Balaban J connectivity index is 2.03. The van der Waals surface area contributed by atoms with Crippen LogP contribution >= 0.6 is 11.6 Å². The van der Waals surface area contributed by atoms with Crippen molar-refractivity contribution >= 4 is 23.2 Å². The van der Waals surface area contributed by atoms with Crippen LogP contribution in [0.2, 0.25) is 5.02 Å². The quantitative estimate of drug-likeness (QED) is 0.925. The third-order valence-electron chi connectivity index (χ3n) is 2.71. The SMILES string of the molecule is Cc1ccc(NC(=O)Cc2cncn2C)cc1Cl. The number of rotatable bonds is 3. The summed E-state index contributed by atoms with van der Waals surface area (Å²) in [4.78, 5) is 15.8. The predicted octanol–water partition coefficient (Wildman–Crippen LogP) is 2.56. The average Bonchev–Trinajstić information content (AvgIpc) is 2.70. The minimum atomic E-state index is -0.0847. The Hall–Kier alpha value is -1.81. The number of halogens is 1. The molecule has 0 unspecified atom stereocenters. The third-order valence-corrected chi connectivity index (χ3v) is 3.12. The zero-order valence-corrected chi connectivity index (χ0v) is 11.0. The van der Waals surface area contributed by atoms with Crippen molar-refractivity contribution in [1.29, 1.82) is 0 Å². The Bertz CT molecular complexity index is 577. The monoisotopic (exact) mass is 263 g/mol. The molecule has 0 radical (unpaired) electrons. The maximum atomic E-state index is 11.8. The minimum absolute atomic E-state index is 0.0847. The van der Waals surface area contributed by atoms with E-state index < -0.39 is 0 Å². The van der Waals surface area contributed by atoms with Crippen molar-refractivity contribution < 1.29 is 4.79 Å². The predicted molar refractivity (Wildman–Crippen MR) is 71.7 cm³/mol. The second kappa shape index (κ2) is 5.23. The highest BCUT2D eigenvalue weighted by Gasteiger charge is 2.07. The number of hydrogen-bond acceptors (Lipinski definition) is 2. The normalized spacial score (nSPS) is 10.4. The lowest BCUT2D eigenvalue weighted by molar-refractivity contribution is -0.115. The minimum Gasteiger partial charge on any atom is -0.337 e. The Morgan fingerprint density at radius 1 is 1.50 bits per heavy atom. The summed E-state index contributed by atoms with van der Waals surface area (Å²) < 4.78 is 1.82. The van der Waals surface area contributed by atoms with E-state index in [1.165, 1.54) is 0 Å². The van der Waals surface area contributed by atoms with E-state index in [2.05, 4.69) is 10.3 Å². The molecule has 94 valence electrons. The maximum Gasteiger partial charge on any atom is 0.230 e. The van der Waals surface area contributed by atoms with Gasteiger partial charge in [0.2, 0.25) is 5.91 Å². The second-order valence-electron chi connectivity index (χ2n) is 4.18. The summed E-state index contributed by atoms with van der Waals surface area (Å²) in [6, 6.07) is 5.46.